The number of rotatable bonds is 7. The molecule has 3 nitrogen and oxygen atoms in total. The molecule has 0 amide bonds. The van der Waals surface area contributed by atoms with Crippen molar-refractivity contribution in [3.8, 4) is 6.07 Å². The number of carbonyl (C=O) groups is 1. The van der Waals surface area contributed by atoms with Gasteiger partial charge in [0.15, 0.2) is 5.78 Å². The number of Topliss-reactive ketones (excluding diaryl/α,β-unsaturated/α-hetero) is 1. The number of benzene rings is 2. The van der Waals surface area contributed by atoms with E-state index < -0.39 is 0 Å². The van der Waals surface area contributed by atoms with Crippen molar-refractivity contribution in [2.24, 2.45) is 11.8 Å². The number of nitrogens with one attached hydrogen (secondary N) is 1. The van der Waals surface area contributed by atoms with Crippen LogP contribution in [0.5, 0.6) is 0 Å². The maximum absolute atomic E-state index is 13.0. The van der Waals surface area contributed by atoms with Crippen LogP contribution in [0.2, 0.25) is 0 Å². The highest BCUT2D eigenvalue weighted by Crippen LogP contribution is 2.44. The van der Waals surface area contributed by atoms with Crippen LogP contribution >= 0.6 is 0 Å². The summed E-state index contributed by atoms with van der Waals surface area (Å²) in [5.74, 6) is 1.58. The molecule has 2 aliphatic rings. The van der Waals surface area contributed by atoms with Gasteiger partial charge >= 0.3 is 0 Å². The fourth-order valence-corrected chi connectivity index (χ4v) is 4.67. The number of ketones is 1. The second kappa shape index (κ2) is 8.63. The largest absolute Gasteiger partial charge is 0.305 e. The molecule has 0 heterocycles. The quantitative estimate of drug-likeness (QED) is 0.389. The van der Waals surface area contributed by atoms with Gasteiger partial charge in [0, 0.05) is 25.0 Å². The molecule has 31 heavy (non-hydrogen) atoms. The lowest BCUT2D eigenvalue weighted by Crippen LogP contribution is -2.24. The average molecular weight is 413 g/mol. The lowest BCUT2D eigenvalue weighted by Gasteiger charge is -2.35. The van der Waals surface area contributed by atoms with Crippen molar-refractivity contribution in [2.75, 3.05) is 0 Å². The number of hydrogen-bond acceptors (Lipinski definition) is 3. The van der Waals surface area contributed by atoms with Crippen LogP contribution in [-0.4, -0.2) is 11.5 Å². The first-order valence-electron chi connectivity index (χ1n) is 11.3. The fraction of sp³-hybridized carbons (Fsp3) is 0.393. The van der Waals surface area contributed by atoms with Gasteiger partial charge in [-0.2, -0.15) is 5.26 Å². The Balaban J connectivity index is 0.00000289. The van der Waals surface area contributed by atoms with Crippen molar-refractivity contribution in [1.29, 1.82) is 10.7 Å². The summed E-state index contributed by atoms with van der Waals surface area (Å²) in [6.45, 7) is 6.20. The van der Waals surface area contributed by atoms with Crippen molar-refractivity contribution in [1.82, 2.24) is 0 Å². The van der Waals surface area contributed by atoms with Crippen molar-refractivity contribution >= 4 is 17.1 Å². The Hall–Kier alpha value is -2.99. The van der Waals surface area contributed by atoms with Gasteiger partial charge in [-0.1, -0.05) is 24.3 Å². The van der Waals surface area contributed by atoms with E-state index in [0.717, 1.165) is 59.2 Å². The molecule has 2 aromatic rings. The Morgan fingerprint density at radius 2 is 1.81 bits per heavy atom. The van der Waals surface area contributed by atoms with Gasteiger partial charge in [0.2, 0.25) is 0 Å². The predicted molar refractivity (Wildman–Crippen MR) is 128 cm³/mol. The van der Waals surface area contributed by atoms with Crippen LogP contribution in [0.1, 0.15) is 85.9 Å². The van der Waals surface area contributed by atoms with Crippen LogP contribution < -0.4 is 0 Å². The smallest absolute Gasteiger partial charge is 0.163 e. The zero-order chi connectivity index (χ0) is 22.1. The molecular formula is C28H32N2O. The Bertz CT molecular complexity index is 1100. The lowest BCUT2D eigenvalue weighted by molar-refractivity contribution is 0.0925. The minimum absolute atomic E-state index is 0. The second-order valence-electron chi connectivity index (χ2n) is 9.36. The van der Waals surface area contributed by atoms with Crippen LogP contribution in [0.3, 0.4) is 0 Å². The number of aryl methyl sites for hydroxylation is 1. The van der Waals surface area contributed by atoms with Gasteiger partial charge in [0.1, 0.15) is 0 Å². The zero-order valence-corrected chi connectivity index (χ0v) is 18.7. The van der Waals surface area contributed by atoms with E-state index in [1.54, 1.807) is 0 Å². The van der Waals surface area contributed by atoms with Crippen molar-refractivity contribution in [3.63, 3.8) is 0 Å². The second-order valence-corrected chi connectivity index (χ2v) is 9.36. The van der Waals surface area contributed by atoms with E-state index in [1.165, 1.54) is 5.56 Å². The molecule has 160 valence electrons. The first kappa shape index (κ1) is 21.2. The monoisotopic (exact) mass is 412 g/mol. The number of nitrogens with zero attached hydrogens (tertiary/aromatic N) is 1. The summed E-state index contributed by atoms with van der Waals surface area (Å²) in [5, 5.41) is 17.3. The summed E-state index contributed by atoms with van der Waals surface area (Å²) in [6.07, 6.45) is 4.92. The maximum atomic E-state index is 13.0. The van der Waals surface area contributed by atoms with E-state index in [-0.39, 0.29) is 7.21 Å². The first-order valence-corrected chi connectivity index (χ1v) is 11.3. The number of carbonyl (C=O) groups excluding carboxylic acids is 1. The average Bonchev–Trinajstić information content (AvgIpc) is 3.60. The highest BCUT2D eigenvalue weighted by molar-refractivity contribution is 6.06. The molecule has 2 saturated carbocycles. The minimum Gasteiger partial charge on any atom is -0.305 e. The molecule has 0 spiro atoms. The summed E-state index contributed by atoms with van der Waals surface area (Å²) in [6, 6.07) is 16.0. The molecule has 0 saturated heterocycles. The molecule has 4 rings (SSSR count). The van der Waals surface area contributed by atoms with E-state index in [2.05, 4.69) is 19.9 Å². The molecule has 2 fully saturated rings. The minimum atomic E-state index is 0. The molecule has 2 aliphatic carbocycles. The Kier molecular flexibility index (Phi) is 5.92. The van der Waals surface area contributed by atoms with Gasteiger partial charge in [-0.05, 0) is 104 Å². The van der Waals surface area contributed by atoms with Crippen LogP contribution in [0.25, 0.3) is 5.57 Å². The van der Waals surface area contributed by atoms with Crippen molar-refractivity contribution in [2.45, 2.75) is 58.8 Å². The molecule has 0 radical (unpaired) electrons. The Morgan fingerprint density at radius 1 is 1.13 bits per heavy atom. The molecule has 0 bridgehead atoms. The number of nitriles is 1. The van der Waals surface area contributed by atoms with E-state index in [1.807, 2.05) is 49.4 Å². The molecule has 1 N–H and O–H groups in total. The van der Waals surface area contributed by atoms with Gasteiger partial charge in [-0.3, -0.25) is 4.79 Å². The predicted octanol–water partition coefficient (Wildman–Crippen LogP) is 7.10. The summed E-state index contributed by atoms with van der Waals surface area (Å²) >= 11 is 0. The highest BCUT2D eigenvalue weighted by atomic mass is 16.1. The third-order valence-corrected chi connectivity index (χ3v) is 7.14. The molecule has 0 aromatic heterocycles. The normalized spacial score (nSPS) is 21.0. The van der Waals surface area contributed by atoms with Gasteiger partial charge in [-0.15, -0.1) is 0 Å². The SMILES string of the molecule is C/C(C(=N)C1CC1)=C(/C)c1cc(C(=O)CC2CC(c3ccc(C#N)cc3)C2)ccc1C.[HH]. The number of allylic oxidation sites excluding steroid dienone is 2. The highest BCUT2D eigenvalue weighted by Gasteiger charge is 2.32. The van der Waals surface area contributed by atoms with Crippen molar-refractivity contribution < 1.29 is 6.22 Å². The van der Waals surface area contributed by atoms with Gasteiger partial charge in [0.25, 0.3) is 0 Å². The lowest BCUT2D eigenvalue weighted by atomic mass is 9.69. The molecule has 3 heteroatoms. The van der Waals surface area contributed by atoms with Crippen LogP contribution in [0, 0.1) is 35.5 Å². The third-order valence-electron chi connectivity index (χ3n) is 7.14. The van der Waals surface area contributed by atoms with E-state index in [4.69, 9.17) is 10.7 Å². The van der Waals surface area contributed by atoms with E-state index in [0.29, 0.717) is 29.7 Å². The molecule has 0 unspecified atom stereocenters. The Morgan fingerprint density at radius 3 is 2.42 bits per heavy atom. The summed E-state index contributed by atoms with van der Waals surface area (Å²) in [5.41, 5.74) is 7.93. The summed E-state index contributed by atoms with van der Waals surface area (Å²) < 4.78 is 0. The zero-order valence-electron chi connectivity index (χ0n) is 18.7. The molecule has 0 aliphatic heterocycles. The summed E-state index contributed by atoms with van der Waals surface area (Å²) in [4.78, 5) is 13.0. The van der Waals surface area contributed by atoms with E-state index >= 15 is 0 Å². The third kappa shape index (κ3) is 4.54. The number of hydrogen-bond donors (Lipinski definition) is 1. The van der Waals surface area contributed by atoms with Gasteiger partial charge < -0.3 is 5.41 Å². The topological polar surface area (TPSA) is 64.7 Å². The van der Waals surface area contributed by atoms with Crippen LogP contribution in [0.4, 0.5) is 0 Å². The molecular weight excluding hydrogens is 380 g/mol. The molecule has 0 atom stereocenters. The van der Waals surface area contributed by atoms with E-state index in [9.17, 15) is 4.79 Å². The van der Waals surface area contributed by atoms with Crippen LogP contribution in [0.15, 0.2) is 48.0 Å². The standard InChI is InChI=1S/C28H30N2O.H2/c1-17-4-7-24(15-26(17)18(2)19(3)28(30)23-10-11-23)27(31)14-21-12-25(13-21)22-8-5-20(16-29)6-9-22;/h4-9,15,21,23,25,30H,10-14H2,1-3H3;1H/b19-18+,30-28?;. The van der Waals surface area contributed by atoms with Crippen molar-refractivity contribution in [3.05, 3.63) is 75.9 Å². The Labute approximate surface area is 186 Å². The van der Waals surface area contributed by atoms with Gasteiger partial charge in [0.05, 0.1) is 11.6 Å². The maximum Gasteiger partial charge on any atom is 0.163 e. The van der Waals surface area contributed by atoms with Gasteiger partial charge in [-0.25, -0.2) is 0 Å². The summed E-state index contributed by atoms with van der Waals surface area (Å²) in [7, 11) is 0. The fourth-order valence-electron chi connectivity index (χ4n) is 4.67. The molecule has 2 aromatic carbocycles. The van der Waals surface area contributed by atoms with Crippen LogP contribution in [-0.2, 0) is 0 Å². The first-order chi connectivity index (χ1) is 14.9.